The van der Waals surface area contributed by atoms with E-state index >= 15 is 0 Å². The van der Waals surface area contributed by atoms with Gasteiger partial charge >= 0.3 is 0 Å². The van der Waals surface area contributed by atoms with Crippen LogP contribution in [0.2, 0.25) is 0 Å². The molecule has 1 aliphatic heterocycles. The van der Waals surface area contributed by atoms with E-state index < -0.39 is 5.41 Å². The number of rotatable bonds is 3. The summed E-state index contributed by atoms with van der Waals surface area (Å²) >= 11 is 0. The first kappa shape index (κ1) is 13.5. The maximum Gasteiger partial charge on any atom is 0.246 e. The van der Waals surface area contributed by atoms with E-state index in [9.17, 15) is 14.7 Å². The van der Waals surface area contributed by atoms with Gasteiger partial charge in [-0.15, -0.1) is 0 Å². The number of aliphatic hydroxyl groups is 1. The second-order valence-corrected chi connectivity index (χ2v) is 5.39. The van der Waals surface area contributed by atoms with Gasteiger partial charge in [0.25, 0.3) is 0 Å². The van der Waals surface area contributed by atoms with E-state index in [2.05, 4.69) is 5.32 Å². The Morgan fingerprint density at radius 2 is 1.79 bits per heavy atom. The van der Waals surface area contributed by atoms with E-state index in [0.717, 1.165) is 11.3 Å². The Morgan fingerprint density at radius 1 is 1.21 bits per heavy atom. The van der Waals surface area contributed by atoms with Crippen LogP contribution in [0.5, 0.6) is 0 Å². The molecule has 5 nitrogen and oxygen atoms in total. The average molecular weight is 262 g/mol. The van der Waals surface area contributed by atoms with Gasteiger partial charge in [-0.3, -0.25) is 14.9 Å². The van der Waals surface area contributed by atoms with Gasteiger partial charge < -0.3 is 10.0 Å². The van der Waals surface area contributed by atoms with Crippen molar-refractivity contribution < 1.29 is 14.7 Å². The van der Waals surface area contributed by atoms with Crippen molar-refractivity contribution in [2.45, 2.75) is 19.3 Å². The van der Waals surface area contributed by atoms with E-state index in [0.29, 0.717) is 0 Å². The SMILES string of the molecule is CC(C)(CO)c1ccccc1N1CC(=O)NC(=O)C1. The second-order valence-electron chi connectivity index (χ2n) is 5.39. The number of carbonyl (C=O) groups is 2. The Bertz CT molecular complexity index is 495. The number of hydrogen-bond donors (Lipinski definition) is 2. The van der Waals surface area contributed by atoms with Crippen LogP contribution in [-0.4, -0.2) is 36.6 Å². The Morgan fingerprint density at radius 3 is 2.37 bits per heavy atom. The highest BCUT2D eigenvalue weighted by Gasteiger charge is 2.28. The van der Waals surface area contributed by atoms with Crippen LogP contribution >= 0.6 is 0 Å². The second kappa shape index (κ2) is 5.01. The summed E-state index contributed by atoms with van der Waals surface area (Å²) in [4.78, 5) is 24.7. The van der Waals surface area contributed by atoms with Crippen molar-refractivity contribution in [2.75, 3.05) is 24.6 Å². The first-order valence-corrected chi connectivity index (χ1v) is 6.22. The number of nitrogens with one attached hydrogen (secondary N) is 1. The van der Waals surface area contributed by atoms with Gasteiger partial charge in [0.15, 0.2) is 0 Å². The zero-order valence-corrected chi connectivity index (χ0v) is 11.1. The first-order valence-electron chi connectivity index (χ1n) is 6.22. The van der Waals surface area contributed by atoms with Gasteiger partial charge in [0.2, 0.25) is 11.8 Å². The fourth-order valence-corrected chi connectivity index (χ4v) is 2.21. The third-order valence-corrected chi connectivity index (χ3v) is 3.32. The quantitative estimate of drug-likeness (QED) is 0.775. The van der Waals surface area contributed by atoms with Gasteiger partial charge in [0.1, 0.15) is 0 Å². The smallest absolute Gasteiger partial charge is 0.246 e. The summed E-state index contributed by atoms with van der Waals surface area (Å²) in [6.07, 6.45) is 0. The summed E-state index contributed by atoms with van der Waals surface area (Å²) in [5.41, 5.74) is 1.33. The van der Waals surface area contributed by atoms with E-state index in [1.165, 1.54) is 0 Å². The molecule has 2 rings (SSSR count). The van der Waals surface area contributed by atoms with Gasteiger partial charge in [0.05, 0.1) is 19.7 Å². The van der Waals surface area contributed by atoms with Gasteiger partial charge in [0, 0.05) is 11.1 Å². The molecular weight excluding hydrogens is 244 g/mol. The van der Waals surface area contributed by atoms with Crippen LogP contribution in [0.1, 0.15) is 19.4 Å². The predicted molar refractivity (Wildman–Crippen MR) is 71.9 cm³/mol. The number of amides is 2. The van der Waals surface area contributed by atoms with Gasteiger partial charge in [-0.25, -0.2) is 0 Å². The highest BCUT2D eigenvalue weighted by Crippen LogP contribution is 2.32. The molecule has 19 heavy (non-hydrogen) atoms. The molecule has 5 heteroatoms. The normalized spacial score (nSPS) is 16.5. The van der Waals surface area contributed by atoms with Gasteiger partial charge in [-0.05, 0) is 11.6 Å². The number of aliphatic hydroxyl groups excluding tert-OH is 1. The molecule has 0 aromatic heterocycles. The van der Waals surface area contributed by atoms with E-state index in [1.807, 2.05) is 38.1 Å². The van der Waals surface area contributed by atoms with Crippen molar-refractivity contribution in [3.63, 3.8) is 0 Å². The molecule has 1 saturated heterocycles. The van der Waals surface area contributed by atoms with Crippen LogP contribution in [0.4, 0.5) is 5.69 Å². The van der Waals surface area contributed by atoms with Gasteiger partial charge in [-0.1, -0.05) is 32.0 Å². The molecular formula is C14H18N2O3. The molecule has 1 fully saturated rings. The molecule has 1 aliphatic rings. The number of imide groups is 1. The molecule has 2 N–H and O–H groups in total. The fourth-order valence-electron chi connectivity index (χ4n) is 2.21. The van der Waals surface area contributed by atoms with Crippen molar-refractivity contribution in [1.29, 1.82) is 0 Å². The number of piperazine rings is 1. The third kappa shape index (κ3) is 2.76. The molecule has 1 aromatic rings. The lowest BCUT2D eigenvalue weighted by molar-refractivity contribution is -0.130. The Kier molecular flexibility index (Phi) is 3.57. The number of para-hydroxylation sites is 1. The number of hydrogen-bond acceptors (Lipinski definition) is 4. The largest absolute Gasteiger partial charge is 0.395 e. The third-order valence-electron chi connectivity index (χ3n) is 3.32. The summed E-state index contributed by atoms with van der Waals surface area (Å²) in [6.45, 7) is 4.17. The lowest BCUT2D eigenvalue weighted by Crippen LogP contribution is -2.52. The number of anilines is 1. The minimum absolute atomic E-state index is 0.00199. The first-order chi connectivity index (χ1) is 8.94. The molecule has 1 aromatic carbocycles. The number of nitrogens with zero attached hydrogens (tertiary/aromatic N) is 1. The number of carbonyl (C=O) groups excluding carboxylic acids is 2. The Balaban J connectivity index is 2.39. The van der Waals surface area contributed by atoms with Crippen molar-refractivity contribution in [1.82, 2.24) is 5.32 Å². The lowest BCUT2D eigenvalue weighted by Gasteiger charge is -2.33. The minimum atomic E-state index is -0.423. The van der Waals surface area contributed by atoms with Crippen molar-refractivity contribution >= 4 is 17.5 Å². The van der Waals surface area contributed by atoms with Crippen LogP contribution < -0.4 is 10.2 Å². The van der Waals surface area contributed by atoms with Crippen molar-refractivity contribution in [3.8, 4) is 0 Å². The zero-order valence-electron chi connectivity index (χ0n) is 11.1. The summed E-state index contributed by atoms with van der Waals surface area (Å²) in [5.74, 6) is -0.597. The molecule has 0 saturated carbocycles. The average Bonchev–Trinajstić information content (AvgIpc) is 2.37. The van der Waals surface area contributed by atoms with E-state index in [-0.39, 0.29) is 31.5 Å². The van der Waals surface area contributed by atoms with Crippen LogP contribution in [0.25, 0.3) is 0 Å². The summed E-state index contributed by atoms with van der Waals surface area (Å²) in [6, 6.07) is 7.55. The highest BCUT2D eigenvalue weighted by atomic mass is 16.3. The molecule has 0 radical (unpaired) electrons. The summed E-state index contributed by atoms with van der Waals surface area (Å²) in [7, 11) is 0. The molecule has 0 unspecified atom stereocenters. The molecule has 2 amide bonds. The molecule has 0 spiro atoms. The van der Waals surface area contributed by atoms with E-state index in [1.54, 1.807) is 4.90 Å². The molecule has 0 aliphatic carbocycles. The molecule has 102 valence electrons. The lowest BCUT2D eigenvalue weighted by atomic mass is 9.84. The topological polar surface area (TPSA) is 69.6 Å². The fraction of sp³-hybridized carbons (Fsp3) is 0.429. The minimum Gasteiger partial charge on any atom is -0.395 e. The summed E-state index contributed by atoms with van der Waals surface area (Å²) < 4.78 is 0. The summed E-state index contributed by atoms with van der Waals surface area (Å²) in [5, 5.41) is 11.8. The number of benzene rings is 1. The van der Waals surface area contributed by atoms with Crippen molar-refractivity contribution in [2.24, 2.45) is 0 Å². The van der Waals surface area contributed by atoms with Crippen LogP contribution in [0.3, 0.4) is 0 Å². The standard InChI is InChI=1S/C14H18N2O3/c1-14(2,9-17)10-5-3-4-6-11(10)16-7-12(18)15-13(19)8-16/h3-6,17H,7-9H2,1-2H3,(H,15,18,19). The highest BCUT2D eigenvalue weighted by molar-refractivity contribution is 6.02. The Labute approximate surface area is 112 Å². The molecule has 1 heterocycles. The maximum atomic E-state index is 11.5. The monoisotopic (exact) mass is 262 g/mol. The Hall–Kier alpha value is -1.88. The van der Waals surface area contributed by atoms with Crippen LogP contribution in [0, 0.1) is 0 Å². The van der Waals surface area contributed by atoms with E-state index in [4.69, 9.17) is 0 Å². The predicted octanol–water partition coefficient (Wildman–Crippen LogP) is 0.419. The maximum absolute atomic E-state index is 11.5. The molecule has 0 atom stereocenters. The zero-order chi connectivity index (χ0) is 14.0. The van der Waals surface area contributed by atoms with Crippen LogP contribution in [-0.2, 0) is 15.0 Å². The van der Waals surface area contributed by atoms with Gasteiger partial charge in [-0.2, -0.15) is 0 Å². The van der Waals surface area contributed by atoms with Crippen LogP contribution in [0.15, 0.2) is 24.3 Å². The molecule has 0 bridgehead atoms. The van der Waals surface area contributed by atoms with Crippen molar-refractivity contribution in [3.05, 3.63) is 29.8 Å².